The Morgan fingerprint density at radius 1 is 1.26 bits per heavy atom. The summed E-state index contributed by atoms with van der Waals surface area (Å²) in [5.41, 5.74) is -3.32. The second kappa shape index (κ2) is 6.86. The molecule has 0 saturated heterocycles. The Balaban J connectivity index is 1.92. The largest absolute Gasteiger partial charge is 0.497 e. The molecule has 1 N–H and O–H groups in total. The van der Waals surface area contributed by atoms with Crippen molar-refractivity contribution in [1.29, 1.82) is 0 Å². The zero-order valence-corrected chi connectivity index (χ0v) is 15.0. The lowest BCUT2D eigenvalue weighted by molar-refractivity contribution is -0.196. The number of benzene rings is 1. The Bertz CT molecular complexity index is 770. The van der Waals surface area contributed by atoms with Crippen molar-refractivity contribution in [3.05, 3.63) is 29.8 Å². The van der Waals surface area contributed by atoms with Crippen LogP contribution >= 0.6 is 0 Å². The molecule has 0 bridgehead atoms. The smallest absolute Gasteiger partial charge is 0.442 e. The number of halogens is 3. The van der Waals surface area contributed by atoms with Gasteiger partial charge in [-0.2, -0.15) is 13.2 Å². The second-order valence-electron chi connectivity index (χ2n) is 6.66. The minimum atomic E-state index is -5.07. The number of amides is 2. The normalized spacial score (nSPS) is 23.5. The molecule has 6 nitrogen and oxygen atoms in total. The van der Waals surface area contributed by atoms with Crippen molar-refractivity contribution < 1.29 is 27.5 Å². The third kappa shape index (κ3) is 3.26. The molecule has 0 aromatic heterocycles. The number of hydrogen-bond donors (Lipinski definition) is 1. The predicted molar refractivity (Wildman–Crippen MR) is 91.5 cm³/mol. The first-order valence-electron chi connectivity index (χ1n) is 8.63. The highest BCUT2D eigenvalue weighted by atomic mass is 19.4. The molecule has 27 heavy (non-hydrogen) atoms. The maximum atomic E-state index is 13.9. The number of nitrogens with one attached hydrogen (secondary N) is 1. The van der Waals surface area contributed by atoms with Gasteiger partial charge >= 0.3 is 11.8 Å². The summed E-state index contributed by atoms with van der Waals surface area (Å²) in [6, 6.07) is 5.23. The van der Waals surface area contributed by atoms with Gasteiger partial charge in [0.15, 0.2) is 0 Å². The molecule has 1 fully saturated rings. The van der Waals surface area contributed by atoms with Crippen LogP contribution in [0.1, 0.15) is 43.0 Å². The van der Waals surface area contributed by atoms with Crippen LogP contribution < -0.4 is 10.1 Å². The maximum absolute atomic E-state index is 13.9. The van der Waals surface area contributed by atoms with E-state index in [1.165, 1.54) is 38.3 Å². The summed E-state index contributed by atoms with van der Waals surface area (Å²) in [7, 11) is 1.43. The van der Waals surface area contributed by atoms with Crippen LogP contribution in [-0.2, 0) is 4.79 Å². The Morgan fingerprint density at radius 2 is 1.85 bits per heavy atom. The fourth-order valence-corrected chi connectivity index (χ4v) is 3.57. The monoisotopic (exact) mass is 383 g/mol. The van der Waals surface area contributed by atoms with E-state index in [0.717, 1.165) is 17.7 Å². The average molecular weight is 383 g/mol. The van der Waals surface area contributed by atoms with Gasteiger partial charge in [-0.15, -0.1) is 0 Å². The minimum Gasteiger partial charge on any atom is -0.497 e. The van der Waals surface area contributed by atoms with Gasteiger partial charge < -0.3 is 10.1 Å². The van der Waals surface area contributed by atoms with Gasteiger partial charge in [-0.3, -0.25) is 14.5 Å². The first-order chi connectivity index (χ1) is 12.7. The molecule has 0 radical (unpaired) electrons. The summed E-state index contributed by atoms with van der Waals surface area (Å²) in [6.45, 7) is 1.36. The third-order valence-corrected chi connectivity index (χ3v) is 4.95. The van der Waals surface area contributed by atoms with E-state index in [2.05, 4.69) is 4.99 Å². The van der Waals surface area contributed by atoms with Gasteiger partial charge in [0.25, 0.3) is 11.8 Å². The van der Waals surface area contributed by atoms with Crippen molar-refractivity contribution in [3.8, 4) is 5.75 Å². The van der Waals surface area contributed by atoms with Crippen molar-refractivity contribution in [2.45, 2.75) is 50.5 Å². The number of ether oxygens (including phenoxy) is 1. The van der Waals surface area contributed by atoms with E-state index in [1.54, 1.807) is 0 Å². The summed E-state index contributed by atoms with van der Waals surface area (Å²) in [4.78, 5) is 29.9. The average Bonchev–Trinajstić information content (AvgIpc) is 3.21. The number of aliphatic imine (C=N–C) groups is 1. The number of alkyl halides is 3. The molecular weight excluding hydrogens is 363 g/mol. The molecule has 1 atom stereocenters. The molecule has 1 aliphatic carbocycles. The number of methoxy groups -OCH3 is 1. The highest BCUT2D eigenvalue weighted by Gasteiger charge is 2.67. The first-order valence-corrected chi connectivity index (χ1v) is 8.63. The number of nitrogens with zero attached hydrogens (tertiary/aromatic N) is 2. The molecule has 3 rings (SSSR count). The van der Waals surface area contributed by atoms with Crippen molar-refractivity contribution in [3.63, 3.8) is 0 Å². The Labute approximate surface area is 154 Å². The van der Waals surface area contributed by atoms with Crippen LogP contribution in [0.3, 0.4) is 0 Å². The SMILES string of the molecule is COc1ccc(C(=O)NC2(C(F)(F)F)N=C(C)N(C3CCCC3)C2=O)cc1. The van der Waals surface area contributed by atoms with Crippen molar-refractivity contribution >= 4 is 17.6 Å². The Morgan fingerprint density at radius 3 is 2.37 bits per heavy atom. The molecular formula is C18H20F3N3O3. The minimum absolute atomic E-state index is 0.0283. The summed E-state index contributed by atoms with van der Waals surface area (Å²) >= 11 is 0. The topological polar surface area (TPSA) is 71.0 Å². The highest BCUT2D eigenvalue weighted by Crippen LogP contribution is 2.40. The molecule has 1 aromatic carbocycles. The van der Waals surface area contributed by atoms with Crippen LogP contribution in [0.4, 0.5) is 13.2 Å². The van der Waals surface area contributed by atoms with Crippen LogP contribution in [0.5, 0.6) is 5.75 Å². The fraction of sp³-hybridized carbons (Fsp3) is 0.500. The number of carbonyl (C=O) groups is 2. The van der Waals surface area contributed by atoms with Gasteiger partial charge in [0, 0.05) is 11.6 Å². The maximum Gasteiger partial charge on any atom is 0.442 e. The van der Waals surface area contributed by atoms with Crippen LogP contribution in [0.25, 0.3) is 0 Å². The van der Waals surface area contributed by atoms with Gasteiger partial charge in [-0.1, -0.05) is 12.8 Å². The quantitative estimate of drug-likeness (QED) is 0.869. The molecule has 1 unspecified atom stereocenters. The van der Waals surface area contributed by atoms with E-state index >= 15 is 0 Å². The summed E-state index contributed by atoms with van der Waals surface area (Å²) in [6.07, 6.45) is -2.13. The Hall–Kier alpha value is -2.58. The molecule has 1 saturated carbocycles. The van der Waals surface area contributed by atoms with Gasteiger partial charge in [0.05, 0.1) is 7.11 Å². The molecule has 2 aliphatic rings. The summed E-state index contributed by atoms with van der Waals surface area (Å²) in [5.74, 6) is -1.86. The molecule has 1 aliphatic heterocycles. The zero-order chi connectivity index (χ0) is 19.8. The Kier molecular flexibility index (Phi) is 4.88. The molecule has 0 spiro atoms. The molecule has 9 heteroatoms. The summed E-state index contributed by atoms with van der Waals surface area (Å²) < 4.78 is 46.7. The zero-order valence-electron chi connectivity index (χ0n) is 15.0. The van der Waals surface area contributed by atoms with E-state index in [1.807, 2.05) is 5.32 Å². The molecule has 1 heterocycles. The number of hydrogen-bond acceptors (Lipinski definition) is 4. The lowest BCUT2D eigenvalue weighted by Gasteiger charge is -2.31. The van der Waals surface area contributed by atoms with E-state index < -0.39 is 23.7 Å². The molecule has 146 valence electrons. The van der Waals surface area contributed by atoms with Gasteiger partial charge in [0.2, 0.25) is 0 Å². The number of amidine groups is 1. The van der Waals surface area contributed by atoms with E-state index in [9.17, 15) is 22.8 Å². The van der Waals surface area contributed by atoms with Crippen LogP contribution in [-0.4, -0.2) is 47.5 Å². The highest BCUT2D eigenvalue weighted by molar-refractivity contribution is 6.10. The van der Waals surface area contributed by atoms with E-state index in [0.29, 0.717) is 18.6 Å². The first kappa shape index (κ1) is 19.2. The van der Waals surface area contributed by atoms with Crippen LogP contribution in [0.2, 0.25) is 0 Å². The van der Waals surface area contributed by atoms with E-state index in [-0.39, 0.29) is 17.4 Å². The third-order valence-electron chi connectivity index (χ3n) is 4.95. The lowest BCUT2D eigenvalue weighted by atomic mass is 10.1. The van der Waals surface area contributed by atoms with Crippen LogP contribution in [0, 0.1) is 0 Å². The second-order valence-corrected chi connectivity index (χ2v) is 6.66. The molecule has 1 aromatic rings. The standard InChI is InChI=1S/C18H20F3N3O3/c1-11-22-17(18(19,20)21,16(26)24(11)13-5-3-4-6-13)23-15(25)12-7-9-14(27-2)10-8-12/h7-10,13H,3-6H2,1-2H3,(H,23,25). The van der Waals surface area contributed by atoms with Gasteiger partial charge in [-0.05, 0) is 44.0 Å². The predicted octanol–water partition coefficient (Wildman–Crippen LogP) is 2.89. The van der Waals surface area contributed by atoms with Gasteiger partial charge in [0.1, 0.15) is 11.6 Å². The van der Waals surface area contributed by atoms with Crippen molar-refractivity contribution in [2.24, 2.45) is 4.99 Å². The lowest BCUT2D eigenvalue weighted by Crippen LogP contribution is -2.64. The fourth-order valence-electron chi connectivity index (χ4n) is 3.57. The van der Waals surface area contributed by atoms with Crippen molar-refractivity contribution in [2.75, 3.05) is 7.11 Å². The van der Waals surface area contributed by atoms with E-state index in [4.69, 9.17) is 4.74 Å². The number of carbonyl (C=O) groups excluding carboxylic acids is 2. The molecule has 2 amide bonds. The number of rotatable bonds is 4. The summed E-state index contributed by atoms with van der Waals surface area (Å²) in [5, 5.41) is 1.84. The van der Waals surface area contributed by atoms with Crippen LogP contribution in [0.15, 0.2) is 29.3 Å². The van der Waals surface area contributed by atoms with Crippen molar-refractivity contribution in [1.82, 2.24) is 10.2 Å². The van der Waals surface area contributed by atoms with Gasteiger partial charge in [-0.25, -0.2) is 4.99 Å².